The quantitative estimate of drug-likeness (QED) is 0.204. The number of ether oxygens (including phenoxy) is 1. The van der Waals surface area contributed by atoms with E-state index in [2.05, 4.69) is 34.2 Å². The Morgan fingerprint density at radius 1 is 1.19 bits per heavy atom. The number of hydrogen-bond acceptors (Lipinski definition) is 4. The molecule has 0 spiro atoms. The molecule has 3 fully saturated rings. The fourth-order valence-corrected chi connectivity index (χ4v) is 5.03. The van der Waals surface area contributed by atoms with Gasteiger partial charge in [-0.2, -0.15) is 11.8 Å². The van der Waals surface area contributed by atoms with Crippen LogP contribution >= 0.6 is 35.7 Å². The van der Waals surface area contributed by atoms with Crippen molar-refractivity contribution in [2.24, 2.45) is 10.9 Å². The average Bonchev–Trinajstić information content (AvgIpc) is 3.38. The van der Waals surface area contributed by atoms with Crippen molar-refractivity contribution in [3.05, 3.63) is 0 Å². The van der Waals surface area contributed by atoms with E-state index in [0.29, 0.717) is 5.54 Å². The molecule has 27 heavy (non-hydrogen) atoms. The molecule has 0 aromatic carbocycles. The molecular formula is C20H39IN4OS. The second-order valence-electron chi connectivity index (χ2n) is 8.02. The number of thioether (sulfide) groups is 1. The summed E-state index contributed by atoms with van der Waals surface area (Å²) in [7, 11) is 0. The molecule has 0 atom stereocenters. The van der Waals surface area contributed by atoms with Crippen LogP contribution in [0.3, 0.4) is 0 Å². The Bertz CT molecular complexity index is 436. The van der Waals surface area contributed by atoms with Gasteiger partial charge in [-0.05, 0) is 44.9 Å². The predicted octanol–water partition coefficient (Wildman–Crippen LogP) is 3.34. The zero-order valence-corrected chi connectivity index (χ0v) is 20.2. The molecule has 0 bridgehead atoms. The third kappa shape index (κ3) is 7.90. The van der Waals surface area contributed by atoms with Crippen LogP contribution in [0, 0.1) is 5.92 Å². The van der Waals surface area contributed by atoms with Gasteiger partial charge in [0.25, 0.3) is 0 Å². The predicted molar refractivity (Wildman–Crippen MR) is 128 cm³/mol. The van der Waals surface area contributed by atoms with Crippen LogP contribution in [0.25, 0.3) is 0 Å². The summed E-state index contributed by atoms with van der Waals surface area (Å²) in [4.78, 5) is 7.75. The summed E-state index contributed by atoms with van der Waals surface area (Å²) in [6, 6.07) is 0. The monoisotopic (exact) mass is 510 g/mol. The van der Waals surface area contributed by atoms with Crippen LogP contribution < -0.4 is 10.6 Å². The van der Waals surface area contributed by atoms with Gasteiger partial charge < -0.3 is 15.4 Å². The van der Waals surface area contributed by atoms with Crippen molar-refractivity contribution in [2.75, 3.05) is 57.4 Å². The Hall–Kier alpha value is 0.270. The van der Waals surface area contributed by atoms with Crippen molar-refractivity contribution in [1.29, 1.82) is 0 Å². The molecule has 1 aliphatic heterocycles. The van der Waals surface area contributed by atoms with Gasteiger partial charge >= 0.3 is 0 Å². The smallest absolute Gasteiger partial charge is 0.191 e. The minimum atomic E-state index is 0. The maximum Gasteiger partial charge on any atom is 0.191 e. The highest BCUT2D eigenvalue weighted by Gasteiger charge is 2.39. The Balaban J connectivity index is 0.00000261. The minimum absolute atomic E-state index is 0. The molecular weight excluding hydrogens is 471 g/mol. The number of nitrogens with zero attached hydrogens (tertiary/aromatic N) is 2. The van der Waals surface area contributed by atoms with Crippen molar-refractivity contribution < 1.29 is 4.74 Å². The van der Waals surface area contributed by atoms with Gasteiger partial charge in [0.05, 0.1) is 6.54 Å². The highest BCUT2D eigenvalue weighted by atomic mass is 127. The topological polar surface area (TPSA) is 48.9 Å². The number of hydrogen-bond donors (Lipinski definition) is 2. The van der Waals surface area contributed by atoms with E-state index in [0.717, 1.165) is 51.1 Å². The van der Waals surface area contributed by atoms with Gasteiger partial charge in [0.1, 0.15) is 0 Å². The maximum absolute atomic E-state index is 5.73. The fraction of sp³-hybridized carbons (Fsp3) is 0.950. The first-order chi connectivity index (χ1) is 12.8. The van der Waals surface area contributed by atoms with E-state index in [1.54, 1.807) is 0 Å². The van der Waals surface area contributed by atoms with Crippen molar-refractivity contribution in [3.63, 3.8) is 0 Å². The molecule has 3 aliphatic rings. The van der Waals surface area contributed by atoms with Crippen LogP contribution in [-0.2, 0) is 4.74 Å². The van der Waals surface area contributed by atoms with Crippen LogP contribution in [-0.4, -0.2) is 73.8 Å². The lowest BCUT2D eigenvalue weighted by atomic mass is 9.95. The summed E-state index contributed by atoms with van der Waals surface area (Å²) in [5.41, 5.74) is 0.316. The lowest BCUT2D eigenvalue weighted by Crippen LogP contribution is -2.53. The Morgan fingerprint density at radius 2 is 1.93 bits per heavy atom. The average molecular weight is 511 g/mol. The van der Waals surface area contributed by atoms with E-state index >= 15 is 0 Å². The van der Waals surface area contributed by atoms with Gasteiger partial charge in [-0.15, -0.1) is 24.0 Å². The Labute approximate surface area is 187 Å². The van der Waals surface area contributed by atoms with Crippen LogP contribution in [0.2, 0.25) is 0 Å². The standard InChI is InChI=1S/C20H38N4OS.HI/c1-2-21-19(22-10-5-13-25-16-18-6-7-18)23-17-20(8-3-4-9-20)24-11-14-26-15-12-24;/h18H,2-17H2,1H3,(H2,21,22,23);1H. The van der Waals surface area contributed by atoms with Crippen molar-refractivity contribution >= 4 is 41.7 Å². The molecule has 0 unspecified atom stereocenters. The number of rotatable bonds is 10. The number of aliphatic imine (C=N–C) groups is 1. The van der Waals surface area contributed by atoms with Gasteiger partial charge in [-0.1, -0.05) is 12.8 Å². The van der Waals surface area contributed by atoms with E-state index in [4.69, 9.17) is 9.73 Å². The van der Waals surface area contributed by atoms with Gasteiger partial charge in [-0.3, -0.25) is 9.89 Å². The molecule has 7 heteroatoms. The lowest BCUT2D eigenvalue weighted by Gasteiger charge is -2.42. The number of guanidine groups is 1. The second kappa shape index (κ2) is 12.8. The van der Waals surface area contributed by atoms with Crippen molar-refractivity contribution in [1.82, 2.24) is 15.5 Å². The summed E-state index contributed by atoms with van der Waals surface area (Å²) in [6.45, 7) is 9.23. The molecule has 2 N–H and O–H groups in total. The van der Waals surface area contributed by atoms with Gasteiger partial charge in [-0.25, -0.2) is 0 Å². The van der Waals surface area contributed by atoms with Gasteiger partial charge in [0.2, 0.25) is 0 Å². The van der Waals surface area contributed by atoms with Crippen LogP contribution in [0.5, 0.6) is 0 Å². The van der Waals surface area contributed by atoms with E-state index < -0.39 is 0 Å². The van der Waals surface area contributed by atoms with E-state index in [1.807, 2.05) is 0 Å². The first kappa shape index (κ1) is 23.5. The van der Waals surface area contributed by atoms with Gasteiger partial charge in [0.15, 0.2) is 5.96 Å². The zero-order chi connectivity index (χ0) is 18.1. The second-order valence-corrected chi connectivity index (χ2v) is 9.25. The number of halogens is 1. The van der Waals surface area contributed by atoms with E-state index in [9.17, 15) is 0 Å². The van der Waals surface area contributed by atoms with E-state index in [1.165, 1.54) is 63.1 Å². The third-order valence-electron chi connectivity index (χ3n) is 5.90. The zero-order valence-electron chi connectivity index (χ0n) is 17.0. The first-order valence-electron chi connectivity index (χ1n) is 10.8. The molecule has 158 valence electrons. The summed E-state index contributed by atoms with van der Waals surface area (Å²) in [6.07, 6.45) is 9.14. The molecule has 5 nitrogen and oxygen atoms in total. The Morgan fingerprint density at radius 3 is 2.59 bits per heavy atom. The summed E-state index contributed by atoms with van der Waals surface area (Å²) in [5, 5.41) is 6.93. The molecule has 1 saturated heterocycles. The maximum atomic E-state index is 5.73. The number of nitrogens with one attached hydrogen (secondary N) is 2. The van der Waals surface area contributed by atoms with Crippen LogP contribution in [0.1, 0.15) is 51.9 Å². The highest BCUT2D eigenvalue weighted by Crippen LogP contribution is 2.37. The lowest BCUT2D eigenvalue weighted by molar-refractivity contribution is 0.112. The van der Waals surface area contributed by atoms with Crippen molar-refractivity contribution in [3.8, 4) is 0 Å². The molecule has 0 radical (unpaired) electrons. The molecule has 2 saturated carbocycles. The van der Waals surface area contributed by atoms with Crippen LogP contribution in [0.4, 0.5) is 0 Å². The largest absolute Gasteiger partial charge is 0.381 e. The molecule has 1 heterocycles. The summed E-state index contributed by atoms with van der Waals surface area (Å²) in [5.74, 6) is 4.40. The molecule has 3 rings (SSSR count). The minimum Gasteiger partial charge on any atom is -0.381 e. The summed E-state index contributed by atoms with van der Waals surface area (Å²) < 4.78 is 5.73. The summed E-state index contributed by atoms with van der Waals surface area (Å²) >= 11 is 2.10. The van der Waals surface area contributed by atoms with Gasteiger partial charge in [0, 0.05) is 56.4 Å². The first-order valence-corrected chi connectivity index (χ1v) is 11.9. The third-order valence-corrected chi connectivity index (χ3v) is 6.84. The Kier molecular flexibility index (Phi) is 11.1. The van der Waals surface area contributed by atoms with Crippen LogP contribution in [0.15, 0.2) is 4.99 Å². The molecule has 0 aromatic rings. The van der Waals surface area contributed by atoms with Crippen molar-refractivity contribution in [2.45, 2.75) is 57.4 Å². The molecule has 0 aromatic heterocycles. The highest BCUT2D eigenvalue weighted by molar-refractivity contribution is 14.0. The normalized spacial score (nSPS) is 23.1. The molecule has 0 amide bonds. The van der Waals surface area contributed by atoms with E-state index in [-0.39, 0.29) is 24.0 Å². The molecule has 2 aliphatic carbocycles. The fourth-order valence-electron chi connectivity index (χ4n) is 4.13. The SMILES string of the molecule is CCNC(=NCC1(N2CCSCC2)CCCC1)NCCCOCC1CC1.I.